The highest BCUT2D eigenvalue weighted by atomic mass is 32.2. The maximum Gasteiger partial charge on any atom is 0.405 e. The Kier molecular flexibility index (Phi) is 15.5. The molecule has 4 heterocycles. The fourth-order valence-corrected chi connectivity index (χ4v) is 9.66. The van der Waals surface area contributed by atoms with Crippen molar-refractivity contribution < 1.29 is 59.6 Å². The van der Waals surface area contributed by atoms with Gasteiger partial charge in [-0.3, -0.25) is 19.1 Å². The van der Waals surface area contributed by atoms with E-state index in [2.05, 4.69) is 34.4 Å². The molecule has 2 saturated carbocycles. The lowest BCUT2D eigenvalue weighted by Crippen LogP contribution is -2.57. The molecule has 0 bridgehead atoms. The van der Waals surface area contributed by atoms with Crippen LogP contribution in [0.1, 0.15) is 129 Å². The quantitative estimate of drug-likeness (QED) is 0.207. The number of rotatable bonds is 9. The molecule has 0 radical (unpaired) electrons. The predicted octanol–water partition coefficient (Wildman–Crippen LogP) is 7.86. The number of methoxy groups -OCH3 is 1. The number of nitrogens with zero attached hydrogens (tertiary/aromatic N) is 2. The number of primary amides is 1. The van der Waals surface area contributed by atoms with Gasteiger partial charge in [-0.15, -0.1) is 0 Å². The van der Waals surface area contributed by atoms with Crippen LogP contribution in [0.25, 0.3) is 10.8 Å². The topological polar surface area (TPSA) is 206 Å². The molecule has 1 saturated heterocycles. The Balaban J connectivity index is 0.000000851. The number of carbonyl (C=O) groups excluding carboxylic acids is 4. The molecular weight excluding hydrogens is 853 g/mol. The van der Waals surface area contributed by atoms with Crippen molar-refractivity contribution in [1.29, 1.82) is 0 Å². The number of carbonyl (C=O) groups is 4. The standard InChI is InChI=1S/C38H50N4O8S.C6H11F2NO2.C2H6.3H2/c1-5-24-17-23(2)9-6-7-10-25-21-38(25,36(45)41-51(46,47)37(3)14-15-37)40-33(44)31-20-27(22-42(31)32(43)18-24)50-35-29-13-12-26(48-4)19-30(29)28-11-8-16-49-34(28)39-35;1-5(2,6(3,7)8)11-4(9)10;1-2;;;/h7,10,12-13,19,23-25,27,31H,5-6,8-9,11,14-18,20-22H2,1-4H3,(H,40,44)(H,41,45);1-3H3,(H2,9,10);1-2H3;3*1H/b10-7-;;;;;/t23-,24-,25-,27-,31+,38-;;;;;/m1...../s1. The van der Waals surface area contributed by atoms with Gasteiger partial charge in [0.1, 0.15) is 23.4 Å². The fourth-order valence-electron chi connectivity index (χ4n) is 8.35. The van der Waals surface area contributed by atoms with Crippen molar-refractivity contribution in [3.8, 4) is 17.5 Å². The first-order chi connectivity index (χ1) is 30.0. The Morgan fingerprint density at radius 2 is 1.84 bits per heavy atom. The lowest BCUT2D eigenvalue weighted by molar-refractivity contribution is -0.148. The van der Waals surface area contributed by atoms with E-state index in [1.165, 1.54) is 0 Å². The summed E-state index contributed by atoms with van der Waals surface area (Å²) < 4.78 is 74.8. The van der Waals surface area contributed by atoms with Crippen LogP contribution in [0.2, 0.25) is 0 Å². The van der Waals surface area contributed by atoms with Crippen molar-refractivity contribution in [2.24, 2.45) is 23.5 Å². The van der Waals surface area contributed by atoms with Gasteiger partial charge >= 0.3 is 6.09 Å². The molecule has 18 heteroatoms. The number of sulfonamides is 1. The molecule has 0 unspecified atom stereocenters. The molecule has 5 aliphatic rings. The first-order valence-corrected chi connectivity index (χ1v) is 24.0. The number of pyridine rings is 1. The Morgan fingerprint density at radius 3 is 2.45 bits per heavy atom. The van der Waals surface area contributed by atoms with Gasteiger partial charge in [-0.2, -0.15) is 4.98 Å². The fraction of sp³-hybridized carbons (Fsp3) is 0.674. The first-order valence-electron chi connectivity index (χ1n) is 22.5. The van der Waals surface area contributed by atoms with E-state index in [4.69, 9.17) is 19.2 Å². The third-order valence-corrected chi connectivity index (χ3v) is 15.4. The van der Waals surface area contributed by atoms with E-state index in [1.807, 2.05) is 44.2 Å². The Labute approximate surface area is 380 Å². The third kappa shape index (κ3) is 11.2. The number of benzene rings is 1. The summed E-state index contributed by atoms with van der Waals surface area (Å²) in [6, 6.07) is 4.79. The van der Waals surface area contributed by atoms with E-state index in [1.54, 1.807) is 18.9 Å². The molecule has 4 N–H and O–H groups in total. The van der Waals surface area contributed by atoms with Crippen LogP contribution in [0, 0.1) is 17.8 Å². The molecule has 7 rings (SSSR count). The molecule has 362 valence electrons. The molecule has 1 aromatic heterocycles. The van der Waals surface area contributed by atoms with Gasteiger partial charge in [0.05, 0.1) is 25.0 Å². The average Bonchev–Trinajstić information content (AvgIpc) is 4.12. The molecule has 4 amide bonds. The van der Waals surface area contributed by atoms with Crippen LogP contribution in [0.3, 0.4) is 0 Å². The van der Waals surface area contributed by atoms with Crippen molar-refractivity contribution in [2.75, 3.05) is 20.3 Å². The van der Waals surface area contributed by atoms with E-state index in [9.17, 15) is 36.4 Å². The molecular formula is C46H73F2N5O10S. The number of nitrogens with two attached hydrogens (primary N) is 1. The lowest BCUT2D eigenvalue weighted by atomic mass is 9.88. The summed E-state index contributed by atoms with van der Waals surface area (Å²) in [6.45, 7) is 13.5. The number of fused-ring (bicyclic) bond motifs is 5. The first kappa shape index (κ1) is 50.3. The zero-order valence-electron chi connectivity index (χ0n) is 38.7. The molecule has 2 aromatic rings. The van der Waals surface area contributed by atoms with Gasteiger partial charge < -0.3 is 34.9 Å². The minimum absolute atomic E-state index is 0. The van der Waals surface area contributed by atoms with Crippen LogP contribution >= 0.6 is 0 Å². The molecule has 2 aliphatic carbocycles. The Hall–Kier alpha value is -4.74. The zero-order chi connectivity index (χ0) is 47.4. The van der Waals surface area contributed by atoms with Crippen LogP contribution < -0.4 is 30.0 Å². The van der Waals surface area contributed by atoms with Crippen molar-refractivity contribution >= 4 is 44.6 Å². The van der Waals surface area contributed by atoms with Crippen molar-refractivity contribution in [2.45, 2.75) is 160 Å². The Bertz CT molecular complexity index is 2210. The number of hydrogen-bond acceptors (Lipinski definition) is 11. The van der Waals surface area contributed by atoms with Gasteiger partial charge in [-0.05, 0) is 108 Å². The number of aryl methyl sites for hydroxylation is 1. The van der Waals surface area contributed by atoms with Gasteiger partial charge in [-0.25, -0.2) is 22.0 Å². The molecule has 3 aliphatic heterocycles. The molecule has 64 heavy (non-hydrogen) atoms. The molecule has 15 nitrogen and oxygen atoms in total. The SMILES string of the molecule is CC.CC(F)(F)C(C)(C)OC(N)=O.CC[C@H]1CC(=O)N2C[C@H](Oc3nc4c(c5cc(OC)ccc35)CCCO4)C[C@H]2C(=O)N[C@]2(C(=O)NS(=O)(=O)C3(C)CC3)C[C@H]2/C=C\CC[C@@H](C)C1.[HH].[HH].[HH]. The smallest absolute Gasteiger partial charge is 0.405 e. The highest BCUT2D eigenvalue weighted by Gasteiger charge is 2.63. The van der Waals surface area contributed by atoms with Crippen LogP contribution in [-0.4, -0.2) is 96.3 Å². The highest BCUT2D eigenvalue weighted by Crippen LogP contribution is 2.48. The molecule has 3 fully saturated rings. The number of amides is 4. The average molecular weight is 926 g/mol. The third-order valence-electron chi connectivity index (χ3n) is 13.2. The lowest BCUT2D eigenvalue weighted by Gasteiger charge is -2.29. The predicted molar refractivity (Wildman–Crippen MR) is 244 cm³/mol. The highest BCUT2D eigenvalue weighted by molar-refractivity contribution is 7.91. The van der Waals surface area contributed by atoms with Gasteiger partial charge in [-0.1, -0.05) is 46.3 Å². The number of allylic oxidation sites excluding steroid dienone is 1. The monoisotopic (exact) mass is 926 g/mol. The van der Waals surface area contributed by atoms with E-state index in [0.717, 1.165) is 68.7 Å². The summed E-state index contributed by atoms with van der Waals surface area (Å²) in [4.78, 5) is 58.7. The van der Waals surface area contributed by atoms with Gasteiger partial charge in [0, 0.05) is 40.9 Å². The summed E-state index contributed by atoms with van der Waals surface area (Å²) in [6.07, 6.45) is 9.02. The zero-order valence-corrected chi connectivity index (χ0v) is 39.5. The van der Waals surface area contributed by atoms with Crippen molar-refractivity contribution in [1.82, 2.24) is 19.9 Å². The van der Waals surface area contributed by atoms with E-state index >= 15 is 0 Å². The van der Waals surface area contributed by atoms with Gasteiger partial charge in [0.2, 0.25) is 33.6 Å². The second kappa shape index (κ2) is 19.8. The van der Waals surface area contributed by atoms with Crippen LogP contribution in [0.15, 0.2) is 30.4 Å². The summed E-state index contributed by atoms with van der Waals surface area (Å²) in [5, 5.41) is 4.67. The van der Waals surface area contributed by atoms with Crippen molar-refractivity contribution in [3.05, 3.63) is 35.9 Å². The van der Waals surface area contributed by atoms with E-state index < -0.39 is 61.9 Å². The van der Waals surface area contributed by atoms with Crippen molar-refractivity contribution in [3.63, 3.8) is 0 Å². The van der Waals surface area contributed by atoms with Gasteiger partial charge in [0.25, 0.3) is 11.8 Å². The van der Waals surface area contributed by atoms with Crippen LogP contribution in [0.5, 0.6) is 17.5 Å². The summed E-state index contributed by atoms with van der Waals surface area (Å²) in [7, 11) is -2.31. The van der Waals surface area contributed by atoms with Gasteiger partial charge in [0.15, 0.2) is 5.60 Å². The maximum absolute atomic E-state index is 14.3. The van der Waals surface area contributed by atoms with E-state index in [0.29, 0.717) is 56.2 Å². The normalized spacial score (nSPS) is 27.0. The number of alkyl halides is 2. The second-order valence-electron chi connectivity index (χ2n) is 18.4. The maximum atomic E-state index is 14.3. The largest absolute Gasteiger partial charge is 0.497 e. The number of hydrogen-bond donors (Lipinski definition) is 3. The van der Waals surface area contributed by atoms with Crippen LogP contribution in [-0.2, 0) is 35.6 Å². The summed E-state index contributed by atoms with van der Waals surface area (Å²) >= 11 is 0. The summed E-state index contributed by atoms with van der Waals surface area (Å²) in [5.41, 5.74) is 2.30. The number of ether oxygens (including phenoxy) is 4. The minimum atomic E-state index is -3.93. The second-order valence-corrected chi connectivity index (χ2v) is 20.6. The number of halogens is 2. The minimum Gasteiger partial charge on any atom is -0.497 e. The van der Waals surface area contributed by atoms with E-state index in [-0.39, 0.29) is 41.4 Å². The molecule has 0 spiro atoms. The number of aromatic nitrogens is 1. The summed E-state index contributed by atoms with van der Waals surface area (Å²) in [5.74, 6) is -2.73. The molecule has 6 atom stereocenters. The molecule has 1 aromatic carbocycles. The Morgan fingerprint density at radius 1 is 1.14 bits per heavy atom. The van der Waals surface area contributed by atoms with Crippen LogP contribution in [0.4, 0.5) is 13.6 Å². The number of nitrogens with one attached hydrogen (secondary N) is 2.